The maximum absolute atomic E-state index is 14.3. The van der Waals surface area contributed by atoms with E-state index < -0.39 is 26.6 Å². The molecule has 0 amide bonds. The Labute approximate surface area is 288 Å². The van der Waals surface area contributed by atoms with Crippen LogP contribution in [0.5, 0.6) is 5.75 Å². The predicted molar refractivity (Wildman–Crippen MR) is 190 cm³/mol. The van der Waals surface area contributed by atoms with Crippen molar-refractivity contribution in [2.24, 2.45) is 0 Å². The van der Waals surface area contributed by atoms with Crippen LogP contribution in [0.3, 0.4) is 0 Å². The van der Waals surface area contributed by atoms with Crippen molar-refractivity contribution in [3.05, 3.63) is 89.6 Å². The summed E-state index contributed by atoms with van der Waals surface area (Å²) in [4.78, 5) is 18.3. The zero-order chi connectivity index (χ0) is 34.9. The first kappa shape index (κ1) is 34.2. The molecule has 2 aromatic heterocycles. The van der Waals surface area contributed by atoms with E-state index >= 15 is 0 Å². The highest BCUT2D eigenvalue weighted by atomic mass is 32.2. The van der Waals surface area contributed by atoms with E-state index in [4.69, 9.17) is 9.97 Å². The van der Waals surface area contributed by atoms with Crippen molar-refractivity contribution in [1.29, 1.82) is 0 Å². The number of piperazine rings is 1. The predicted octanol–water partition coefficient (Wildman–Crippen LogP) is 7.45. The quantitative estimate of drug-likeness (QED) is 0.127. The number of anilines is 4. The Balaban J connectivity index is 1.26. The third-order valence-corrected chi connectivity index (χ3v) is 11.0. The van der Waals surface area contributed by atoms with Crippen LogP contribution in [-0.4, -0.2) is 65.6 Å². The summed E-state index contributed by atoms with van der Waals surface area (Å²) in [5.41, 5.74) is 3.20. The van der Waals surface area contributed by atoms with Crippen LogP contribution >= 0.6 is 11.3 Å². The number of thiazole rings is 1. The molecule has 1 fully saturated rings. The van der Waals surface area contributed by atoms with Gasteiger partial charge >= 0.3 is 0 Å². The molecule has 1 aliphatic heterocycles. The largest absolute Gasteiger partial charge is 0.506 e. The number of aromatic nitrogens is 3. The van der Waals surface area contributed by atoms with E-state index in [0.717, 1.165) is 60.0 Å². The highest BCUT2D eigenvalue weighted by Gasteiger charge is 2.25. The minimum absolute atomic E-state index is 0.0768. The molecule has 0 saturated carbocycles. The summed E-state index contributed by atoms with van der Waals surface area (Å²) in [6.45, 7) is 12.1. The maximum Gasteiger partial charge on any atom is 0.267 e. The molecule has 0 aliphatic carbocycles. The molecule has 49 heavy (non-hydrogen) atoms. The number of sulfonamides is 1. The molecular formula is C35H37F2N7O3S2. The van der Waals surface area contributed by atoms with Gasteiger partial charge in [-0.2, -0.15) is 0 Å². The molecule has 1 saturated heterocycles. The Bertz CT molecular complexity index is 2060. The second-order valence-corrected chi connectivity index (χ2v) is 15.0. The van der Waals surface area contributed by atoms with Crippen LogP contribution in [0.15, 0.2) is 77.8 Å². The van der Waals surface area contributed by atoms with E-state index in [9.17, 15) is 22.3 Å². The minimum Gasteiger partial charge on any atom is -0.506 e. The molecule has 3 N–H and O–H groups in total. The van der Waals surface area contributed by atoms with Gasteiger partial charge in [0.15, 0.2) is 4.90 Å². The third kappa shape index (κ3) is 7.51. The molecular weight excluding hydrogens is 669 g/mol. The number of nitrogens with one attached hydrogen (secondary N) is 2. The lowest BCUT2D eigenvalue weighted by atomic mass is 10.1. The molecule has 0 radical (unpaired) electrons. The average molecular weight is 706 g/mol. The number of hydrogen-bond acceptors (Lipinski definition) is 10. The van der Waals surface area contributed by atoms with E-state index in [2.05, 4.69) is 38.7 Å². The summed E-state index contributed by atoms with van der Waals surface area (Å²) in [6, 6.07) is 17.1. The smallest absolute Gasteiger partial charge is 0.267 e. The monoisotopic (exact) mass is 705 g/mol. The van der Waals surface area contributed by atoms with E-state index in [1.807, 2.05) is 26.0 Å². The van der Waals surface area contributed by atoms with Crippen LogP contribution in [0.1, 0.15) is 38.6 Å². The fourth-order valence-electron chi connectivity index (χ4n) is 5.61. The standard InChI is InChI=1S/C35H37F2N7O3S2/c1-21(2)34-41-31(23-7-5-8-24(19-23)42-49(46,47)33-26(36)9-6-10-27(33)37)32(48-34)29-13-14-38-35(40-29)39-28-12-11-25(20-30(28)45)44-17-15-43(16-18-44)22(3)4/h5-14,19-22,42,45H,15-18H2,1-4H3,(H,38,39,40). The van der Waals surface area contributed by atoms with E-state index in [-0.39, 0.29) is 23.3 Å². The van der Waals surface area contributed by atoms with Crippen molar-refractivity contribution in [1.82, 2.24) is 19.9 Å². The molecule has 5 aromatic rings. The molecule has 14 heteroatoms. The lowest BCUT2D eigenvalue weighted by molar-refractivity contribution is 0.209. The van der Waals surface area contributed by atoms with Crippen molar-refractivity contribution in [2.45, 2.75) is 44.6 Å². The van der Waals surface area contributed by atoms with Crippen LogP contribution in [0, 0.1) is 11.6 Å². The number of phenolic OH excluding ortho intramolecular Hbond substituents is 1. The van der Waals surface area contributed by atoms with E-state index in [1.165, 1.54) is 17.4 Å². The third-order valence-electron chi connectivity index (χ3n) is 8.24. The number of halogens is 2. The summed E-state index contributed by atoms with van der Waals surface area (Å²) in [5, 5.41) is 14.9. The van der Waals surface area contributed by atoms with Crippen molar-refractivity contribution in [3.8, 4) is 27.6 Å². The number of aromatic hydroxyl groups is 1. The number of nitrogens with zero attached hydrogens (tertiary/aromatic N) is 5. The average Bonchev–Trinajstić information content (AvgIpc) is 3.52. The second kappa shape index (κ2) is 14.1. The minimum atomic E-state index is -4.57. The molecule has 0 unspecified atom stereocenters. The number of hydrogen-bond donors (Lipinski definition) is 3. The van der Waals surface area contributed by atoms with Crippen LogP contribution in [-0.2, 0) is 10.0 Å². The van der Waals surface area contributed by atoms with Crippen LogP contribution in [0.25, 0.3) is 21.8 Å². The van der Waals surface area contributed by atoms with E-state index in [0.29, 0.717) is 28.7 Å². The molecule has 256 valence electrons. The molecule has 0 spiro atoms. The Hall–Kier alpha value is -4.66. The van der Waals surface area contributed by atoms with Gasteiger partial charge in [-0.05, 0) is 56.3 Å². The van der Waals surface area contributed by atoms with E-state index in [1.54, 1.807) is 36.5 Å². The fourth-order valence-corrected chi connectivity index (χ4v) is 7.86. The second-order valence-electron chi connectivity index (χ2n) is 12.3. The summed E-state index contributed by atoms with van der Waals surface area (Å²) in [5.74, 6) is -1.95. The number of benzene rings is 3. The van der Waals surface area contributed by atoms with Gasteiger partial charge in [-0.15, -0.1) is 11.3 Å². The molecule has 1 aliphatic rings. The summed E-state index contributed by atoms with van der Waals surface area (Å²) in [6.07, 6.45) is 1.61. The maximum atomic E-state index is 14.3. The van der Waals surface area contributed by atoms with Gasteiger partial charge in [-0.3, -0.25) is 9.62 Å². The Morgan fingerprint density at radius 2 is 1.61 bits per heavy atom. The van der Waals surface area contributed by atoms with Gasteiger partial charge in [0.25, 0.3) is 10.0 Å². The van der Waals surface area contributed by atoms with Crippen molar-refractivity contribution in [2.75, 3.05) is 41.1 Å². The highest BCUT2D eigenvalue weighted by Crippen LogP contribution is 2.40. The molecule has 0 bridgehead atoms. The molecule has 3 aromatic carbocycles. The van der Waals surface area contributed by atoms with Gasteiger partial charge in [-0.1, -0.05) is 32.0 Å². The molecule has 0 atom stereocenters. The van der Waals surface area contributed by atoms with Gasteiger partial charge < -0.3 is 15.3 Å². The molecule has 3 heterocycles. The van der Waals surface area contributed by atoms with Gasteiger partial charge in [0.2, 0.25) is 5.95 Å². The summed E-state index contributed by atoms with van der Waals surface area (Å²) < 4.78 is 56.9. The van der Waals surface area contributed by atoms with Gasteiger partial charge in [0, 0.05) is 67.3 Å². The first-order valence-electron chi connectivity index (χ1n) is 15.9. The van der Waals surface area contributed by atoms with Gasteiger partial charge in [-0.25, -0.2) is 32.2 Å². The van der Waals surface area contributed by atoms with Crippen molar-refractivity contribution < 1.29 is 22.3 Å². The van der Waals surface area contributed by atoms with Crippen LogP contribution in [0.2, 0.25) is 0 Å². The molecule has 6 rings (SSSR count). The lowest BCUT2D eigenvalue weighted by Gasteiger charge is -2.38. The number of phenols is 1. The first-order chi connectivity index (χ1) is 23.4. The van der Waals surface area contributed by atoms with Crippen molar-refractivity contribution >= 4 is 44.4 Å². The van der Waals surface area contributed by atoms with Gasteiger partial charge in [0.1, 0.15) is 17.4 Å². The normalized spacial score (nSPS) is 14.1. The Morgan fingerprint density at radius 3 is 2.29 bits per heavy atom. The zero-order valence-electron chi connectivity index (χ0n) is 27.5. The Kier molecular flexibility index (Phi) is 9.82. The summed E-state index contributed by atoms with van der Waals surface area (Å²) in [7, 11) is -4.57. The molecule has 10 nitrogen and oxygen atoms in total. The van der Waals surface area contributed by atoms with Crippen LogP contribution < -0.4 is 14.9 Å². The fraction of sp³-hybridized carbons (Fsp3) is 0.286. The van der Waals surface area contributed by atoms with Crippen molar-refractivity contribution in [3.63, 3.8) is 0 Å². The summed E-state index contributed by atoms with van der Waals surface area (Å²) >= 11 is 1.45. The van der Waals surface area contributed by atoms with Gasteiger partial charge in [0.05, 0.1) is 27.0 Å². The highest BCUT2D eigenvalue weighted by molar-refractivity contribution is 7.92. The Morgan fingerprint density at radius 1 is 0.898 bits per heavy atom. The first-order valence-corrected chi connectivity index (χ1v) is 18.2. The SMILES string of the molecule is CC(C)c1nc(-c2cccc(NS(=O)(=O)c3c(F)cccc3F)c2)c(-c2ccnc(Nc3ccc(N4CCN(C(C)C)CC4)cc3O)n2)s1. The number of rotatable bonds is 10. The van der Waals surface area contributed by atoms with Crippen LogP contribution in [0.4, 0.5) is 31.8 Å². The zero-order valence-corrected chi connectivity index (χ0v) is 29.1. The topological polar surface area (TPSA) is 124 Å². The lowest BCUT2D eigenvalue weighted by Crippen LogP contribution is -2.48.